The van der Waals surface area contributed by atoms with E-state index in [1.54, 1.807) is 58.5 Å². The Balaban J connectivity index is 0.000000694. The summed E-state index contributed by atoms with van der Waals surface area (Å²) in [4.78, 5) is 112. The third-order valence-electron chi connectivity index (χ3n) is 12.3. The molecule has 0 spiro atoms. The van der Waals surface area contributed by atoms with Gasteiger partial charge in [0.15, 0.2) is 5.60 Å². The predicted octanol–water partition coefficient (Wildman–Crippen LogP) is -0.0459. The third-order valence-corrected chi connectivity index (χ3v) is 12.3. The number of likely N-dealkylation sites (N-methyl/N-ethyl adjacent to an activating group) is 2. The number of esters is 1. The van der Waals surface area contributed by atoms with Gasteiger partial charge in [0.25, 0.3) is 5.56 Å². The second-order valence-electron chi connectivity index (χ2n) is 16.6. The van der Waals surface area contributed by atoms with Gasteiger partial charge in [-0.1, -0.05) is 25.1 Å². The molecule has 3 atom stereocenters. The minimum absolute atomic E-state index is 0. The van der Waals surface area contributed by atoms with Gasteiger partial charge >= 0.3 is 63.4 Å². The molecule has 71 heavy (non-hydrogen) atoms. The van der Waals surface area contributed by atoms with Gasteiger partial charge in [-0.05, 0) is 62.1 Å². The maximum absolute atomic E-state index is 15.3. The molecule has 2 aromatic heterocycles. The van der Waals surface area contributed by atoms with E-state index >= 15 is 4.39 Å². The second-order valence-corrected chi connectivity index (χ2v) is 16.6. The molecule has 7 rings (SSSR count). The van der Waals surface area contributed by atoms with Crippen molar-refractivity contribution in [1.29, 1.82) is 0 Å². The van der Waals surface area contributed by atoms with Gasteiger partial charge in [-0.3, -0.25) is 24.0 Å². The van der Waals surface area contributed by atoms with Gasteiger partial charge in [0.1, 0.15) is 25.0 Å². The van der Waals surface area contributed by atoms with Crippen LogP contribution in [0.5, 0.6) is 0 Å². The Morgan fingerprint density at radius 2 is 1.90 bits per heavy atom. The van der Waals surface area contributed by atoms with E-state index in [9.17, 15) is 48.3 Å². The minimum Gasteiger partial charge on any atom is -0.540 e. The number of ether oxygens (including phenoxy) is 2. The number of hydrogen-bond acceptors (Lipinski definition) is 14. The molecule has 4 amide bonds. The van der Waals surface area contributed by atoms with Crippen LogP contribution in [0.25, 0.3) is 22.3 Å². The van der Waals surface area contributed by atoms with Crippen LogP contribution in [0.4, 0.5) is 14.9 Å². The summed E-state index contributed by atoms with van der Waals surface area (Å²) in [7, 11) is 3.17. The standard InChI is InChI=1S/C41H41FN6O9.C8H11NO3.K.Y/c1-4-41(55)28-15-32-37-26(17-48(32)38(52)27(28)20-56-39(41)53)36-30(10-9-25-21(2)29(42)16-31(46-37)35(25)36)47-40(54)57-19-22-6-5-7-23(14-22)45-34(51)12-13-44-33(50)11-8-24(18-49)43-3;1-9(5-3-7-11)8(12)4-2-6-10;;/h5-6,14-16,24,30,43,55H,4,8-13,17,19-20H2,1-3H3,(H,44,50)(H,45,51)(H,47,54);2,4,6-7H,3,5H2,1H3;;/q-2;;+1;/b;4-2-;;. The molecule has 1 aliphatic carbocycles. The summed E-state index contributed by atoms with van der Waals surface area (Å²) in [6, 6.07) is 9.57. The number of aryl methyl sites for hydroxylation is 1. The second kappa shape index (κ2) is 26.8. The summed E-state index contributed by atoms with van der Waals surface area (Å²) in [5, 5.41) is 23.1. The molecule has 2 aromatic carbocycles. The van der Waals surface area contributed by atoms with Crippen LogP contribution in [-0.2, 0) is 108 Å². The zero-order chi connectivity index (χ0) is 50.0. The number of benzene rings is 2. The van der Waals surface area contributed by atoms with Crippen LogP contribution in [-0.4, -0.2) is 101 Å². The van der Waals surface area contributed by atoms with E-state index < -0.39 is 41.1 Å². The summed E-state index contributed by atoms with van der Waals surface area (Å²) in [5.41, 5.74) is 2.46. The summed E-state index contributed by atoms with van der Waals surface area (Å²) in [6.45, 7) is 3.46. The van der Waals surface area contributed by atoms with E-state index in [1.807, 2.05) is 0 Å². The molecule has 4 aromatic rings. The summed E-state index contributed by atoms with van der Waals surface area (Å²) in [5.74, 6) is -2.21. The van der Waals surface area contributed by atoms with E-state index in [2.05, 4.69) is 27.3 Å². The van der Waals surface area contributed by atoms with Crippen LogP contribution in [0.3, 0.4) is 0 Å². The number of nitrogens with one attached hydrogen (secondary N) is 4. The molecule has 19 nitrogen and oxygen atoms in total. The number of alkyl carbamates (subject to hydrolysis) is 1. The number of aliphatic hydroxyl groups is 1. The molecule has 22 heteroatoms. The average Bonchev–Trinajstić information content (AvgIpc) is 3.71. The quantitative estimate of drug-likeness (QED) is 0.0254. The number of anilines is 1. The zero-order valence-corrected chi connectivity index (χ0v) is 46.0. The van der Waals surface area contributed by atoms with Crippen molar-refractivity contribution in [2.24, 2.45) is 0 Å². The number of fused-ring (bicyclic) bond motifs is 5. The Morgan fingerprint density at radius 1 is 1.14 bits per heavy atom. The van der Waals surface area contributed by atoms with Gasteiger partial charge < -0.3 is 54.9 Å². The molecule has 5 N–H and O–H groups in total. The van der Waals surface area contributed by atoms with Crippen LogP contribution in [0.2, 0.25) is 0 Å². The number of hydrogen-bond donors (Lipinski definition) is 5. The number of allylic oxidation sites excluding steroid dienone is 1. The number of rotatable bonds is 18. The Hall–Kier alpha value is -4.71. The van der Waals surface area contributed by atoms with Crippen molar-refractivity contribution in [2.45, 2.75) is 96.2 Å². The molecular formula is C49H52FKN7O12Y-. The molecule has 1 radical (unpaired) electrons. The number of pyridine rings is 2. The number of cyclic esters (lactones) is 1. The van der Waals surface area contributed by atoms with Crippen molar-refractivity contribution in [3.63, 3.8) is 0 Å². The van der Waals surface area contributed by atoms with Crippen molar-refractivity contribution in [3.05, 3.63) is 104 Å². The molecular weight excluding hydrogens is 1030 g/mol. The molecule has 3 aliphatic rings. The fourth-order valence-corrected chi connectivity index (χ4v) is 8.47. The largest absolute Gasteiger partial charge is 1.00 e. The molecule has 367 valence electrons. The van der Waals surface area contributed by atoms with Crippen LogP contribution in [0, 0.1) is 18.8 Å². The number of carbonyl (C=O) groups is 7. The topological polar surface area (TPSA) is 262 Å². The zero-order valence-electron chi connectivity index (χ0n) is 40.1. The predicted molar refractivity (Wildman–Crippen MR) is 246 cm³/mol. The smallest absolute Gasteiger partial charge is 0.540 e. The first-order chi connectivity index (χ1) is 33.1. The van der Waals surface area contributed by atoms with Crippen molar-refractivity contribution < 1.29 is 141 Å². The number of aromatic nitrogens is 2. The Bertz CT molecular complexity index is 2810. The van der Waals surface area contributed by atoms with Crippen molar-refractivity contribution in [2.75, 3.05) is 32.5 Å². The monoisotopic (exact) mass is 1080 g/mol. The number of amides is 4. The van der Waals surface area contributed by atoms with E-state index in [0.717, 1.165) is 24.0 Å². The number of nitrogens with zero attached hydrogens (tertiary/aromatic N) is 3. The van der Waals surface area contributed by atoms with Crippen molar-refractivity contribution in [1.82, 2.24) is 30.4 Å². The maximum Gasteiger partial charge on any atom is 1.00 e. The molecule has 4 heterocycles. The van der Waals surface area contributed by atoms with Crippen LogP contribution in [0.15, 0.2) is 47.3 Å². The number of aldehydes is 2. The van der Waals surface area contributed by atoms with Crippen molar-refractivity contribution >= 4 is 65.2 Å². The van der Waals surface area contributed by atoms with Crippen LogP contribution in [0.1, 0.15) is 90.4 Å². The Morgan fingerprint density at radius 3 is 2.59 bits per heavy atom. The molecule has 2 aliphatic heterocycles. The molecule has 0 fully saturated rings. The van der Waals surface area contributed by atoms with Gasteiger partial charge in [-0.25, -0.2) is 25.2 Å². The van der Waals surface area contributed by atoms with Crippen LogP contribution < -0.4 is 78.2 Å². The van der Waals surface area contributed by atoms with Gasteiger partial charge in [0.2, 0.25) is 17.7 Å². The van der Waals surface area contributed by atoms with Gasteiger partial charge in [-0.2, -0.15) is 18.2 Å². The van der Waals surface area contributed by atoms with E-state index in [4.69, 9.17) is 14.5 Å². The third kappa shape index (κ3) is 13.7. The van der Waals surface area contributed by atoms with Crippen molar-refractivity contribution in [3.8, 4) is 11.4 Å². The van der Waals surface area contributed by atoms with Gasteiger partial charge in [0, 0.05) is 101 Å². The first kappa shape index (κ1) is 58.9. The van der Waals surface area contributed by atoms with Crippen LogP contribution >= 0.6 is 0 Å². The maximum atomic E-state index is 15.3. The molecule has 0 bridgehead atoms. The number of halogens is 1. The van der Waals surface area contributed by atoms with Gasteiger partial charge in [0.05, 0.1) is 41.7 Å². The first-order valence-electron chi connectivity index (χ1n) is 22.3. The first-order valence-corrected chi connectivity index (χ1v) is 22.3. The summed E-state index contributed by atoms with van der Waals surface area (Å²) in [6.07, 6.45) is 6.18. The van der Waals surface area contributed by atoms with Gasteiger partial charge in [-0.15, -0.1) is 11.6 Å². The summed E-state index contributed by atoms with van der Waals surface area (Å²) < 4.78 is 27.6. The fraction of sp³-hybridized carbons (Fsp3) is 0.388. The normalized spacial score (nSPS) is 16.2. The van der Waals surface area contributed by atoms with E-state index in [-0.39, 0.29) is 165 Å². The SMILES string of the molecule is CCC1(O)C(=O)OCc2c1cc1n(c2=O)Cc2c-1nc1cc(F)c(C)c3c1c2C(NC(=O)OCc1cc[c-]c(NC(=O)CCNC(=O)CCC([C-]=O)NC)c1)CC3.CN(CCC=O)C(=O)/C=C\C=O.[K+].[Y]. The molecule has 0 saturated carbocycles. The Labute approximate surface area is 476 Å². The minimum atomic E-state index is -2.02. The molecule has 0 saturated heterocycles. The number of carbonyl (C=O) groups excluding carboxylic acids is 8. The average molecular weight is 1080 g/mol. The van der Waals surface area contributed by atoms with E-state index in [0.29, 0.717) is 82.3 Å². The van der Waals surface area contributed by atoms with E-state index in [1.165, 1.54) is 15.5 Å². The Kier molecular flexibility index (Phi) is 22.2. The summed E-state index contributed by atoms with van der Waals surface area (Å²) >= 11 is 0. The molecule has 3 unspecified atom stereocenters. The fourth-order valence-electron chi connectivity index (χ4n) is 8.47.